The standard InChI is InChI=1S/C10H16O/c1-10(2)6-3-4-9(8-10)5-7-11/h3,6-7,9H,4-5,8H2,1-2H3. The van der Waals surface area contributed by atoms with Crippen molar-refractivity contribution in [2.24, 2.45) is 11.3 Å². The van der Waals surface area contributed by atoms with Gasteiger partial charge in [-0.1, -0.05) is 26.0 Å². The molecule has 0 heterocycles. The second kappa shape index (κ2) is 3.21. The SMILES string of the molecule is CC1(C)C=CCC(CC=O)C1. The second-order valence-corrected chi connectivity index (χ2v) is 4.10. The molecule has 0 aromatic carbocycles. The van der Waals surface area contributed by atoms with Gasteiger partial charge in [0, 0.05) is 6.42 Å². The molecule has 1 aliphatic rings. The first-order valence-corrected chi connectivity index (χ1v) is 4.25. The monoisotopic (exact) mass is 152 g/mol. The first kappa shape index (κ1) is 8.51. The van der Waals surface area contributed by atoms with E-state index in [1.165, 1.54) is 0 Å². The zero-order valence-electron chi connectivity index (χ0n) is 7.34. The van der Waals surface area contributed by atoms with Crippen molar-refractivity contribution in [3.05, 3.63) is 12.2 Å². The van der Waals surface area contributed by atoms with Gasteiger partial charge in [-0.15, -0.1) is 0 Å². The molecule has 62 valence electrons. The molecule has 0 amide bonds. The van der Waals surface area contributed by atoms with E-state index in [0.29, 0.717) is 11.3 Å². The Morgan fingerprint density at radius 1 is 1.64 bits per heavy atom. The van der Waals surface area contributed by atoms with Crippen molar-refractivity contribution in [1.29, 1.82) is 0 Å². The third-order valence-corrected chi connectivity index (χ3v) is 2.28. The summed E-state index contributed by atoms with van der Waals surface area (Å²) in [7, 11) is 0. The van der Waals surface area contributed by atoms with Crippen LogP contribution in [-0.4, -0.2) is 6.29 Å². The van der Waals surface area contributed by atoms with Crippen molar-refractivity contribution in [2.75, 3.05) is 0 Å². The van der Waals surface area contributed by atoms with Gasteiger partial charge in [-0.3, -0.25) is 0 Å². The Kier molecular flexibility index (Phi) is 2.48. The molecule has 1 atom stereocenters. The summed E-state index contributed by atoms with van der Waals surface area (Å²) in [5.41, 5.74) is 0.311. The average Bonchev–Trinajstić information content (AvgIpc) is 1.85. The molecule has 0 radical (unpaired) electrons. The molecule has 1 aliphatic carbocycles. The lowest BCUT2D eigenvalue weighted by Crippen LogP contribution is -2.18. The molecule has 0 saturated carbocycles. The summed E-state index contributed by atoms with van der Waals surface area (Å²) < 4.78 is 0. The molecule has 1 nitrogen and oxygen atoms in total. The Labute approximate surface area is 68.5 Å². The Morgan fingerprint density at radius 2 is 2.36 bits per heavy atom. The molecule has 0 fully saturated rings. The summed E-state index contributed by atoms with van der Waals surface area (Å²) in [6, 6.07) is 0. The minimum Gasteiger partial charge on any atom is -0.303 e. The van der Waals surface area contributed by atoms with Crippen molar-refractivity contribution in [1.82, 2.24) is 0 Å². The Balaban J connectivity index is 2.51. The molecule has 1 heteroatoms. The van der Waals surface area contributed by atoms with Gasteiger partial charge < -0.3 is 4.79 Å². The van der Waals surface area contributed by atoms with Gasteiger partial charge in [0.25, 0.3) is 0 Å². The summed E-state index contributed by atoms with van der Waals surface area (Å²) in [5.74, 6) is 0.590. The van der Waals surface area contributed by atoms with E-state index in [9.17, 15) is 4.79 Å². The van der Waals surface area contributed by atoms with Crippen molar-refractivity contribution in [2.45, 2.75) is 33.1 Å². The van der Waals surface area contributed by atoms with Crippen LogP contribution >= 0.6 is 0 Å². The quantitative estimate of drug-likeness (QED) is 0.439. The molecule has 0 bridgehead atoms. The number of hydrogen-bond donors (Lipinski definition) is 0. The van der Waals surface area contributed by atoms with Crippen molar-refractivity contribution in [3.63, 3.8) is 0 Å². The predicted molar refractivity (Wildman–Crippen MR) is 46.3 cm³/mol. The average molecular weight is 152 g/mol. The lowest BCUT2D eigenvalue weighted by Gasteiger charge is -2.29. The molecular weight excluding hydrogens is 136 g/mol. The largest absolute Gasteiger partial charge is 0.303 e. The zero-order valence-corrected chi connectivity index (χ0v) is 7.34. The maximum Gasteiger partial charge on any atom is 0.120 e. The van der Waals surface area contributed by atoms with E-state index in [2.05, 4.69) is 26.0 Å². The van der Waals surface area contributed by atoms with E-state index in [4.69, 9.17) is 0 Å². The van der Waals surface area contributed by atoms with E-state index in [-0.39, 0.29) is 0 Å². The number of rotatable bonds is 2. The van der Waals surface area contributed by atoms with E-state index < -0.39 is 0 Å². The molecule has 0 N–H and O–H groups in total. The number of allylic oxidation sites excluding steroid dienone is 2. The van der Waals surface area contributed by atoms with Crippen LogP contribution in [-0.2, 0) is 4.79 Å². The minimum atomic E-state index is 0.311. The highest BCUT2D eigenvalue weighted by atomic mass is 16.1. The third-order valence-electron chi connectivity index (χ3n) is 2.28. The third kappa shape index (κ3) is 2.49. The Bertz CT molecular complexity index is 168. The highest BCUT2D eigenvalue weighted by Gasteiger charge is 2.23. The van der Waals surface area contributed by atoms with Gasteiger partial charge >= 0.3 is 0 Å². The van der Waals surface area contributed by atoms with Crippen molar-refractivity contribution >= 4 is 6.29 Å². The van der Waals surface area contributed by atoms with Gasteiger partial charge in [0.1, 0.15) is 6.29 Å². The summed E-state index contributed by atoms with van der Waals surface area (Å²) in [4.78, 5) is 10.3. The summed E-state index contributed by atoms with van der Waals surface area (Å²) >= 11 is 0. The highest BCUT2D eigenvalue weighted by Crippen LogP contribution is 2.34. The molecule has 0 saturated heterocycles. The number of aldehydes is 1. The first-order valence-electron chi connectivity index (χ1n) is 4.25. The Morgan fingerprint density at radius 3 is 2.91 bits per heavy atom. The van der Waals surface area contributed by atoms with Gasteiger partial charge in [-0.2, -0.15) is 0 Å². The van der Waals surface area contributed by atoms with E-state index in [0.717, 1.165) is 25.5 Å². The molecule has 0 aliphatic heterocycles. The van der Waals surface area contributed by atoms with Crippen LogP contribution in [0.25, 0.3) is 0 Å². The normalized spacial score (nSPS) is 28.4. The fourth-order valence-electron chi connectivity index (χ4n) is 1.79. The van der Waals surface area contributed by atoms with E-state index >= 15 is 0 Å². The van der Waals surface area contributed by atoms with Crippen molar-refractivity contribution < 1.29 is 4.79 Å². The topological polar surface area (TPSA) is 17.1 Å². The number of carbonyl (C=O) groups excluding carboxylic acids is 1. The molecule has 1 rings (SSSR count). The lowest BCUT2D eigenvalue weighted by atomic mass is 9.76. The van der Waals surface area contributed by atoms with Crippen LogP contribution in [0.4, 0.5) is 0 Å². The summed E-state index contributed by atoms with van der Waals surface area (Å²) in [6.45, 7) is 4.45. The molecule has 0 aromatic rings. The van der Waals surface area contributed by atoms with Crippen LogP contribution in [0, 0.1) is 11.3 Å². The van der Waals surface area contributed by atoms with Crippen LogP contribution in [0.1, 0.15) is 33.1 Å². The van der Waals surface area contributed by atoms with Gasteiger partial charge in [0.15, 0.2) is 0 Å². The smallest absolute Gasteiger partial charge is 0.120 e. The first-order chi connectivity index (χ1) is 5.14. The van der Waals surface area contributed by atoms with Gasteiger partial charge in [-0.25, -0.2) is 0 Å². The van der Waals surface area contributed by atoms with Crippen LogP contribution in [0.2, 0.25) is 0 Å². The minimum absolute atomic E-state index is 0.311. The van der Waals surface area contributed by atoms with Gasteiger partial charge in [-0.05, 0) is 24.2 Å². The number of carbonyl (C=O) groups is 1. The molecule has 0 aromatic heterocycles. The zero-order chi connectivity index (χ0) is 8.32. The van der Waals surface area contributed by atoms with Crippen molar-refractivity contribution in [3.8, 4) is 0 Å². The van der Waals surface area contributed by atoms with Crippen LogP contribution in [0.3, 0.4) is 0 Å². The highest BCUT2D eigenvalue weighted by molar-refractivity contribution is 5.49. The number of hydrogen-bond acceptors (Lipinski definition) is 1. The van der Waals surface area contributed by atoms with Crippen LogP contribution < -0.4 is 0 Å². The second-order valence-electron chi connectivity index (χ2n) is 4.10. The molecule has 0 spiro atoms. The van der Waals surface area contributed by atoms with Crippen LogP contribution in [0.5, 0.6) is 0 Å². The summed E-state index contributed by atoms with van der Waals surface area (Å²) in [5, 5.41) is 0. The van der Waals surface area contributed by atoms with Gasteiger partial charge in [0.05, 0.1) is 0 Å². The Hall–Kier alpha value is -0.590. The molecule has 11 heavy (non-hydrogen) atoms. The predicted octanol–water partition coefficient (Wildman–Crippen LogP) is 2.57. The molecular formula is C10H16O. The fraction of sp³-hybridized carbons (Fsp3) is 0.700. The van der Waals surface area contributed by atoms with E-state index in [1.807, 2.05) is 0 Å². The lowest BCUT2D eigenvalue weighted by molar-refractivity contribution is -0.108. The van der Waals surface area contributed by atoms with Crippen LogP contribution in [0.15, 0.2) is 12.2 Å². The van der Waals surface area contributed by atoms with E-state index in [1.54, 1.807) is 0 Å². The molecule has 1 unspecified atom stereocenters. The maximum absolute atomic E-state index is 10.3. The maximum atomic E-state index is 10.3. The van der Waals surface area contributed by atoms with Gasteiger partial charge in [0.2, 0.25) is 0 Å². The summed E-state index contributed by atoms with van der Waals surface area (Å²) in [6.07, 6.45) is 8.48. The fourth-order valence-corrected chi connectivity index (χ4v) is 1.79.